The molecule has 0 aliphatic heterocycles. The number of nitrogens with zero attached hydrogens (tertiary/aromatic N) is 6. The van der Waals surface area contributed by atoms with E-state index in [1.165, 1.54) is 14.0 Å². The molecule has 1 aromatic carbocycles. The van der Waals surface area contributed by atoms with Crippen LogP contribution in [0.2, 0.25) is 0 Å². The standard InChI is InChI=1S/C24H25FN6O4S/c1-14-8-17(10-26-9-14)24-30-29-20(31(24)21-15(2)6-5-7-19(21)35-4)13-36(33,34)16(3)22(32)23-27-11-18(25)12-28-23/h5-12,16,22,32H,13H2,1-4H3/t16-,22+/m1/s1. The van der Waals surface area contributed by atoms with Crippen molar-refractivity contribution < 1.29 is 22.7 Å². The number of sulfone groups is 1. The Hall–Kier alpha value is -3.77. The molecule has 4 rings (SSSR count). The van der Waals surface area contributed by atoms with Gasteiger partial charge < -0.3 is 9.84 Å². The largest absolute Gasteiger partial charge is 0.495 e. The summed E-state index contributed by atoms with van der Waals surface area (Å²) in [6.07, 6.45) is 3.49. The van der Waals surface area contributed by atoms with Gasteiger partial charge in [0, 0.05) is 18.0 Å². The van der Waals surface area contributed by atoms with Gasteiger partial charge in [-0.2, -0.15) is 0 Å². The summed E-state index contributed by atoms with van der Waals surface area (Å²) >= 11 is 0. The van der Waals surface area contributed by atoms with Crippen molar-refractivity contribution in [2.24, 2.45) is 0 Å². The monoisotopic (exact) mass is 512 g/mol. The fourth-order valence-corrected chi connectivity index (χ4v) is 5.11. The second-order valence-corrected chi connectivity index (χ2v) is 10.7. The average molecular weight is 513 g/mol. The minimum Gasteiger partial charge on any atom is -0.495 e. The van der Waals surface area contributed by atoms with Gasteiger partial charge in [0.25, 0.3) is 0 Å². The third-order valence-corrected chi connectivity index (χ3v) is 7.80. The van der Waals surface area contributed by atoms with Gasteiger partial charge in [0.15, 0.2) is 33.1 Å². The Kier molecular flexibility index (Phi) is 7.09. The van der Waals surface area contributed by atoms with E-state index >= 15 is 0 Å². The first-order chi connectivity index (χ1) is 17.1. The topological polar surface area (TPSA) is 133 Å². The number of aliphatic hydroxyl groups excluding tert-OH is 1. The lowest BCUT2D eigenvalue weighted by molar-refractivity contribution is 0.165. The molecule has 2 atom stereocenters. The molecule has 0 radical (unpaired) electrons. The van der Waals surface area contributed by atoms with Crippen LogP contribution in [0.15, 0.2) is 49.1 Å². The lowest BCUT2D eigenvalue weighted by atomic mass is 10.1. The summed E-state index contributed by atoms with van der Waals surface area (Å²) in [6, 6.07) is 7.33. The van der Waals surface area contributed by atoms with Gasteiger partial charge in [0.05, 0.1) is 30.4 Å². The summed E-state index contributed by atoms with van der Waals surface area (Å²) < 4.78 is 47.2. The molecule has 1 N–H and O–H groups in total. The molecular weight excluding hydrogens is 487 g/mol. The first-order valence-corrected chi connectivity index (χ1v) is 12.7. The van der Waals surface area contributed by atoms with Crippen LogP contribution in [-0.4, -0.2) is 55.6 Å². The molecule has 10 nitrogen and oxygen atoms in total. The molecule has 3 heterocycles. The Labute approximate surface area is 207 Å². The minimum absolute atomic E-state index is 0.123. The maximum Gasteiger partial charge on any atom is 0.170 e. The normalized spacial score (nSPS) is 13.4. The molecule has 0 saturated carbocycles. The Balaban J connectivity index is 1.81. The van der Waals surface area contributed by atoms with E-state index < -0.39 is 32.8 Å². The molecule has 0 aliphatic carbocycles. The maximum absolute atomic E-state index is 13.4. The van der Waals surface area contributed by atoms with E-state index in [4.69, 9.17) is 4.74 Å². The first-order valence-electron chi connectivity index (χ1n) is 11.0. The van der Waals surface area contributed by atoms with Crippen molar-refractivity contribution in [2.45, 2.75) is 37.9 Å². The maximum atomic E-state index is 13.4. The van der Waals surface area contributed by atoms with Crippen molar-refractivity contribution in [3.05, 3.63) is 77.6 Å². The highest BCUT2D eigenvalue weighted by Gasteiger charge is 2.34. The lowest BCUT2D eigenvalue weighted by Gasteiger charge is -2.20. The summed E-state index contributed by atoms with van der Waals surface area (Å²) in [5.41, 5.74) is 2.93. The van der Waals surface area contributed by atoms with Crippen LogP contribution in [0, 0.1) is 19.7 Å². The number of aryl methyl sites for hydroxylation is 2. The SMILES string of the molecule is COc1cccc(C)c1-n1c(CS(=O)(=O)[C@H](C)[C@H](O)c2ncc(F)cn2)nnc1-c1cncc(C)c1. The van der Waals surface area contributed by atoms with Crippen molar-refractivity contribution in [1.29, 1.82) is 0 Å². The summed E-state index contributed by atoms with van der Waals surface area (Å²) in [6.45, 7) is 5.09. The minimum atomic E-state index is -4.01. The molecular formula is C24H25FN6O4S. The number of hydrogen-bond donors (Lipinski definition) is 1. The highest BCUT2D eigenvalue weighted by molar-refractivity contribution is 7.91. The second-order valence-electron chi connectivity index (χ2n) is 8.37. The van der Waals surface area contributed by atoms with Crippen LogP contribution in [0.25, 0.3) is 17.1 Å². The zero-order valence-corrected chi connectivity index (χ0v) is 20.9. The van der Waals surface area contributed by atoms with Crippen LogP contribution in [0.4, 0.5) is 4.39 Å². The van der Waals surface area contributed by atoms with Gasteiger partial charge in [-0.3, -0.25) is 9.55 Å². The number of benzene rings is 1. The molecule has 0 spiro atoms. The van der Waals surface area contributed by atoms with Gasteiger partial charge >= 0.3 is 0 Å². The zero-order chi connectivity index (χ0) is 26.0. The summed E-state index contributed by atoms with van der Waals surface area (Å²) in [4.78, 5) is 11.7. The zero-order valence-electron chi connectivity index (χ0n) is 20.1. The number of ether oxygens (including phenoxy) is 1. The number of hydrogen-bond acceptors (Lipinski definition) is 9. The van der Waals surface area contributed by atoms with E-state index in [1.54, 1.807) is 23.0 Å². The van der Waals surface area contributed by atoms with Gasteiger partial charge in [0.2, 0.25) is 0 Å². The quantitative estimate of drug-likeness (QED) is 0.378. The molecule has 0 bridgehead atoms. The Bertz CT molecular complexity index is 1490. The molecule has 0 fully saturated rings. The Morgan fingerprint density at radius 1 is 1.11 bits per heavy atom. The fourth-order valence-electron chi connectivity index (χ4n) is 3.79. The predicted molar refractivity (Wildman–Crippen MR) is 130 cm³/mol. The van der Waals surface area contributed by atoms with Crippen molar-refractivity contribution in [1.82, 2.24) is 29.7 Å². The Morgan fingerprint density at radius 2 is 1.83 bits per heavy atom. The van der Waals surface area contributed by atoms with Gasteiger partial charge in [-0.15, -0.1) is 10.2 Å². The van der Waals surface area contributed by atoms with Crippen molar-refractivity contribution in [3.8, 4) is 22.8 Å². The molecule has 0 aliphatic rings. The van der Waals surface area contributed by atoms with Crippen LogP contribution in [0.3, 0.4) is 0 Å². The fraction of sp³-hybridized carbons (Fsp3) is 0.292. The highest BCUT2D eigenvalue weighted by atomic mass is 32.2. The molecule has 0 unspecified atom stereocenters. The molecule has 0 saturated heterocycles. The molecule has 0 amide bonds. The second kappa shape index (κ2) is 10.1. The summed E-state index contributed by atoms with van der Waals surface area (Å²) in [7, 11) is -2.49. The van der Waals surface area contributed by atoms with Gasteiger partial charge in [-0.05, 0) is 44.0 Å². The van der Waals surface area contributed by atoms with Crippen molar-refractivity contribution in [2.75, 3.05) is 7.11 Å². The number of rotatable bonds is 8. The van der Waals surface area contributed by atoms with Crippen LogP contribution in [0.1, 0.15) is 35.8 Å². The third kappa shape index (κ3) is 4.95. The third-order valence-electron chi connectivity index (χ3n) is 5.75. The van der Waals surface area contributed by atoms with Crippen molar-refractivity contribution >= 4 is 9.84 Å². The molecule has 188 valence electrons. The lowest BCUT2D eigenvalue weighted by Crippen LogP contribution is -2.29. The van der Waals surface area contributed by atoms with E-state index in [2.05, 4.69) is 25.1 Å². The van der Waals surface area contributed by atoms with Crippen molar-refractivity contribution in [3.63, 3.8) is 0 Å². The molecule has 36 heavy (non-hydrogen) atoms. The van der Waals surface area contributed by atoms with Crippen LogP contribution < -0.4 is 4.74 Å². The van der Waals surface area contributed by atoms with E-state index in [1.807, 2.05) is 32.0 Å². The van der Waals surface area contributed by atoms with Crippen LogP contribution in [-0.2, 0) is 15.6 Å². The number of aromatic nitrogens is 6. The summed E-state index contributed by atoms with van der Waals surface area (Å²) in [5.74, 6) is -0.419. The van der Waals surface area contributed by atoms with E-state index in [-0.39, 0.29) is 11.6 Å². The number of halogens is 1. The number of methoxy groups -OCH3 is 1. The smallest absolute Gasteiger partial charge is 0.170 e. The number of para-hydroxylation sites is 1. The van der Waals surface area contributed by atoms with Gasteiger partial charge in [-0.25, -0.2) is 22.8 Å². The number of pyridine rings is 1. The Morgan fingerprint density at radius 3 is 2.50 bits per heavy atom. The average Bonchev–Trinajstić information content (AvgIpc) is 3.25. The van der Waals surface area contributed by atoms with Crippen LogP contribution >= 0.6 is 0 Å². The van der Waals surface area contributed by atoms with Crippen LogP contribution in [0.5, 0.6) is 5.75 Å². The van der Waals surface area contributed by atoms with E-state index in [9.17, 15) is 17.9 Å². The first kappa shape index (κ1) is 25.3. The van der Waals surface area contributed by atoms with Gasteiger partial charge in [0.1, 0.15) is 17.6 Å². The van der Waals surface area contributed by atoms with Gasteiger partial charge in [-0.1, -0.05) is 12.1 Å². The molecule has 3 aromatic heterocycles. The number of aliphatic hydroxyl groups is 1. The van der Waals surface area contributed by atoms with E-state index in [0.29, 0.717) is 22.8 Å². The molecule has 4 aromatic rings. The summed E-state index contributed by atoms with van der Waals surface area (Å²) in [5, 5.41) is 17.8. The highest BCUT2D eigenvalue weighted by Crippen LogP contribution is 2.33. The predicted octanol–water partition coefficient (Wildman–Crippen LogP) is 2.92. The van der Waals surface area contributed by atoms with E-state index in [0.717, 1.165) is 23.5 Å². The molecule has 12 heteroatoms.